The van der Waals surface area contributed by atoms with E-state index in [1.54, 1.807) is 6.92 Å². The normalized spacial score (nSPS) is 17.6. The summed E-state index contributed by atoms with van der Waals surface area (Å²) in [6, 6.07) is 2.24. The molecule has 1 N–H and O–H groups in total. The highest BCUT2D eigenvalue weighted by Crippen LogP contribution is 2.33. The van der Waals surface area contributed by atoms with E-state index in [9.17, 15) is 17.6 Å². The van der Waals surface area contributed by atoms with Gasteiger partial charge in [0.05, 0.1) is 5.56 Å². The van der Waals surface area contributed by atoms with Crippen LogP contribution in [0.2, 0.25) is 0 Å². The van der Waals surface area contributed by atoms with Crippen molar-refractivity contribution in [1.29, 1.82) is 0 Å². The molecule has 122 valence electrons. The van der Waals surface area contributed by atoms with Crippen LogP contribution in [0.25, 0.3) is 0 Å². The average molecular weight is 349 g/mol. The third-order valence-electron chi connectivity index (χ3n) is 3.47. The molecular formula is C13H18Cl2F4N2. The maximum Gasteiger partial charge on any atom is 0.416 e. The lowest BCUT2D eigenvalue weighted by atomic mass is 10.0. The van der Waals surface area contributed by atoms with E-state index in [0.717, 1.165) is 31.3 Å². The molecule has 1 aliphatic rings. The molecule has 0 aromatic heterocycles. The summed E-state index contributed by atoms with van der Waals surface area (Å²) in [6.07, 6.45) is -4.44. The van der Waals surface area contributed by atoms with E-state index in [1.807, 2.05) is 4.90 Å². The summed E-state index contributed by atoms with van der Waals surface area (Å²) >= 11 is 0. The van der Waals surface area contributed by atoms with Gasteiger partial charge >= 0.3 is 6.18 Å². The molecule has 1 heterocycles. The molecule has 1 atom stereocenters. The van der Waals surface area contributed by atoms with Crippen LogP contribution in [-0.4, -0.2) is 31.1 Å². The third kappa shape index (κ3) is 4.98. The molecule has 8 heteroatoms. The van der Waals surface area contributed by atoms with Gasteiger partial charge in [0.1, 0.15) is 5.82 Å². The summed E-state index contributed by atoms with van der Waals surface area (Å²) in [7, 11) is 0. The summed E-state index contributed by atoms with van der Waals surface area (Å²) in [4.78, 5) is 1.98. The SMILES string of the molecule is C[C@@H](c1cc(C(F)(F)F)ccc1F)N1CCNCC1.Cl.Cl. The van der Waals surface area contributed by atoms with Crippen LogP contribution in [0.15, 0.2) is 18.2 Å². The highest BCUT2D eigenvalue weighted by atomic mass is 35.5. The van der Waals surface area contributed by atoms with Crippen molar-refractivity contribution < 1.29 is 17.6 Å². The maximum absolute atomic E-state index is 13.8. The van der Waals surface area contributed by atoms with Crippen LogP contribution in [0.1, 0.15) is 24.1 Å². The van der Waals surface area contributed by atoms with Crippen LogP contribution in [0.5, 0.6) is 0 Å². The first-order valence-electron chi connectivity index (χ1n) is 6.21. The molecule has 0 radical (unpaired) electrons. The van der Waals surface area contributed by atoms with E-state index < -0.39 is 17.6 Å². The van der Waals surface area contributed by atoms with Crippen LogP contribution in [0.3, 0.4) is 0 Å². The van der Waals surface area contributed by atoms with Crippen LogP contribution in [0, 0.1) is 5.82 Å². The number of benzene rings is 1. The molecule has 1 fully saturated rings. The van der Waals surface area contributed by atoms with Gasteiger partial charge in [-0.25, -0.2) is 4.39 Å². The van der Waals surface area contributed by atoms with Gasteiger partial charge in [-0.3, -0.25) is 4.90 Å². The number of piperazine rings is 1. The average Bonchev–Trinajstić information content (AvgIpc) is 2.38. The predicted octanol–water partition coefficient (Wildman–Crippen LogP) is 3.65. The Morgan fingerprint density at radius 2 is 1.71 bits per heavy atom. The minimum Gasteiger partial charge on any atom is -0.314 e. The maximum atomic E-state index is 13.8. The molecule has 2 rings (SSSR count). The minimum atomic E-state index is -4.44. The first-order chi connectivity index (χ1) is 8.89. The number of hydrogen-bond acceptors (Lipinski definition) is 2. The molecular weight excluding hydrogens is 331 g/mol. The molecule has 1 aromatic carbocycles. The Kier molecular flexibility index (Phi) is 7.95. The number of alkyl halides is 3. The van der Waals surface area contributed by atoms with Gasteiger partial charge in [0.25, 0.3) is 0 Å². The molecule has 1 saturated heterocycles. The number of rotatable bonds is 2. The second kappa shape index (κ2) is 8.17. The number of halogens is 6. The molecule has 0 saturated carbocycles. The Hall–Kier alpha value is -0.560. The lowest BCUT2D eigenvalue weighted by Crippen LogP contribution is -2.44. The topological polar surface area (TPSA) is 15.3 Å². The number of hydrogen-bond donors (Lipinski definition) is 1. The highest BCUT2D eigenvalue weighted by molar-refractivity contribution is 5.85. The quantitative estimate of drug-likeness (QED) is 0.820. The van der Waals surface area contributed by atoms with Crippen molar-refractivity contribution in [2.45, 2.75) is 19.1 Å². The van der Waals surface area contributed by atoms with Gasteiger partial charge in [0, 0.05) is 37.8 Å². The van der Waals surface area contributed by atoms with Crippen molar-refractivity contribution in [1.82, 2.24) is 10.2 Å². The fraction of sp³-hybridized carbons (Fsp3) is 0.538. The van der Waals surface area contributed by atoms with E-state index in [4.69, 9.17) is 0 Å². The van der Waals surface area contributed by atoms with Crippen molar-refractivity contribution >= 4 is 24.8 Å². The predicted molar refractivity (Wildman–Crippen MR) is 78.8 cm³/mol. The third-order valence-corrected chi connectivity index (χ3v) is 3.47. The Labute approximate surface area is 133 Å². The van der Waals surface area contributed by atoms with Crippen molar-refractivity contribution in [2.75, 3.05) is 26.2 Å². The molecule has 0 amide bonds. The van der Waals surface area contributed by atoms with Crippen molar-refractivity contribution in [3.05, 3.63) is 35.1 Å². The molecule has 0 unspecified atom stereocenters. The molecule has 1 aliphatic heterocycles. The van der Waals surface area contributed by atoms with E-state index >= 15 is 0 Å². The summed E-state index contributed by atoms with van der Waals surface area (Å²) in [5, 5.41) is 3.16. The van der Waals surface area contributed by atoms with Gasteiger partial charge in [0.2, 0.25) is 0 Å². The molecule has 2 nitrogen and oxygen atoms in total. The van der Waals surface area contributed by atoms with E-state index in [0.29, 0.717) is 13.1 Å². The second-order valence-corrected chi connectivity index (χ2v) is 4.70. The van der Waals surface area contributed by atoms with Crippen LogP contribution in [-0.2, 0) is 6.18 Å². The zero-order valence-corrected chi connectivity index (χ0v) is 13.0. The van der Waals surface area contributed by atoms with Crippen molar-refractivity contribution in [2.24, 2.45) is 0 Å². The Bertz CT molecular complexity index is 448. The van der Waals surface area contributed by atoms with E-state index in [2.05, 4.69) is 5.32 Å². The first-order valence-corrected chi connectivity index (χ1v) is 6.21. The molecule has 0 spiro atoms. The Morgan fingerprint density at radius 1 is 1.14 bits per heavy atom. The molecule has 0 aliphatic carbocycles. The molecule has 0 bridgehead atoms. The standard InChI is InChI=1S/C13H16F4N2.2ClH/c1-9(19-6-4-18-5-7-19)11-8-10(13(15,16)17)2-3-12(11)14;;/h2-3,8-9,18H,4-7H2,1H3;2*1H/t9-;;/m0../s1. The van der Waals surface area contributed by atoms with Gasteiger partial charge in [-0.05, 0) is 25.1 Å². The Morgan fingerprint density at radius 3 is 2.24 bits per heavy atom. The van der Waals surface area contributed by atoms with Gasteiger partial charge in [-0.15, -0.1) is 24.8 Å². The fourth-order valence-corrected chi connectivity index (χ4v) is 2.31. The first kappa shape index (κ1) is 20.4. The summed E-state index contributed by atoms with van der Waals surface area (Å²) < 4.78 is 51.7. The summed E-state index contributed by atoms with van der Waals surface area (Å²) in [6.45, 7) is 4.69. The second-order valence-electron chi connectivity index (χ2n) is 4.70. The zero-order chi connectivity index (χ0) is 14.0. The molecule has 21 heavy (non-hydrogen) atoms. The van der Waals surface area contributed by atoms with E-state index in [1.165, 1.54) is 0 Å². The van der Waals surface area contributed by atoms with Crippen molar-refractivity contribution in [3.63, 3.8) is 0 Å². The lowest BCUT2D eigenvalue weighted by Gasteiger charge is -2.33. The van der Waals surface area contributed by atoms with Crippen molar-refractivity contribution in [3.8, 4) is 0 Å². The van der Waals surface area contributed by atoms with Gasteiger partial charge in [-0.2, -0.15) is 13.2 Å². The minimum absolute atomic E-state index is 0. The fourth-order valence-electron chi connectivity index (χ4n) is 2.31. The summed E-state index contributed by atoms with van der Waals surface area (Å²) in [5.41, 5.74) is -0.692. The lowest BCUT2D eigenvalue weighted by molar-refractivity contribution is -0.137. The van der Waals surface area contributed by atoms with Gasteiger partial charge in [0.15, 0.2) is 0 Å². The smallest absolute Gasteiger partial charge is 0.314 e. The summed E-state index contributed by atoms with van der Waals surface area (Å²) in [5.74, 6) is -0.584. The van der Waals surface area contributed by atoms with Gasteiger partial charge in [-0.1, -0.05) is 0 Å². The number of nitrogens with one attached hydrogen (secondary N) is 1. The van der Waals surface area contributed by atoms with Crippen LogP contribution >= 0.6 is 24.8 Å². The van der Waals surface area contributed by atoms with Gasteiger partial charge < -0.3 is 5.32 Å². The van der Waals surface area contributed by atoms with Crippen LogP contribution in [0.4, 0.5) is 17.6 Å². The monoisotopic (exact) mass is 348 g/mol. The number of nitrogens with zero attached hydrogens (tertiary/aromatic N) is 1. The molecule has 1 aromatic rings. The Balaban J connectivity index is 0.00000200. The van der Waals surface area contributed by atoms with Crippen LogP contribution < -0.4 is 5.32 Å². The largest absolute Gasteiger partial charge is 0.416 e. The zero-order valence-electron chi connectivity index (χ0n) is 11.4. The van der Waals surface area contributed by atoms with E-state index in [-0.39, 0.29) is 36.4 Å². The highest BCUT2D eigenvalue weighted by Gasteiger charge is 2.32.